The zero-order valence-electron chi connectivity index (χ0n) is 8.77. The van der Waals surface area contributed by atoms with Crippen molar-refractivity contribution in [2.45, 2.75) is 63.1 Å². The Morgan fingerprint density at radius 3 is 2.23 bits per heavy atom. The lowest BCUT2D eigenvalue weighted by atomic mass is 10.1. The highest BCUT2D eigenvalue weighted by Gasteiger charge is 2.01. The second kappa shape index (κ2) is 10.5. The third-order valence-corrected chi connectivity index (χ3v) is 3.23. The van der Waals surface area contributed by atoms with E-state index in [4.69, 9.17) is 5.11 Å². The summed E-state index contributed by atoms with van der Waals surface area (Å²) in [6.07, 6.45) is 10.3. The minimum absolute atomic E-state index is 0.311. The molecule has 2 heteroatoms. The molecule has 0 aromatic rings. The topological polar surface area (TPSA) is 20.2 Å². The predicted molar refractivity (Wildman–Crippen MR) is 62.4 cm³/mol. The maximum atomic E-state index is 8.68. The Morgan fingerprint density at radius 2 is 1.62 bits per heavy atom. The Balaban J connectivity index is 2.97. The molecule has 0 bridgehead atoms. The predicted octanol–water partition coefficient (Wildman–Crippen LogP) is 3.88. The van der Waals surface area contributed by atoms with Crippen LogP contribution in [0.3, 0.4) is 0 Å². The molecule has 1 atom stereocenters. The summed E-state index contributed by atoms with van der Waals surface area (Å²) >= 11 is 3.56. The summed E-state index contributed by atoms with van der Waals surface area (Å²) in [4.78, 5) is 0.531. The Morgan fingerprint density at radius 1 is 1.00 bits per heavy atom. The van der Waals surface area contributed by atoms with Crippen molar-refractivity contribution in [2.75, 3.05) is 6.61 Å². The van der Waals surface area contributed by atoms with Crippen molar-refractivity contribution in [1.82, 2.24) is 0 Å². The molecule has 0 radical (unpaired) electrons. The fourth-order valence-electron chi connectivity index (χ4n) is 1.43. The van der Waals surface area contributed by atoms with Gasteiger partial charge in [-0.05, 0) is 12.8 Å². The van der Waals surface area contributed by atoms with E-state index in [1.807, 2.05) is 0 Å². The van der Waals surface area contributed by atoms with Gasteiger partial charge in [0.05, 0.1) is 0 Å². The van der Waals surface area contributed by atoms with E-state index in [1.54, 1.807) is 0 Å². The summed E-state index contributed by atoms with van der Waals surface area (Å²) in [6, 6.07) is 0. The lowest BCUT2D eigenvalue weighted by Crippen LogP contribution is -2.00. The first-order valence-electron chi connectivity index (χ1n) is 5.56. The van der Waals surface area contributed by atoms with E-state index in [0.29, 0.717) is 11.4 Å². The molecule has 0 spiro atoms. The molecular formula is C11H23BrO. The van der Waals surface area contributed by atoms with Gasteiger partial charge in [-0.1, -0.05) is 61.4 Å². The fourth-order valence-corrected chi connectivity index (χ4v) is 1.96. The van der Waals surface area contributed by atoms with Gasteiger partial charge in [-0.25, -0.2) is 0 Å². The lowest BCUT2D eigenvalue weighted by molar-refractivity contribution is 0.285. The number of hydrogen-bond acceptors (Lipinski definition) is 1. The third kappa shape index (κ3) is 10.4. The van der Waals surface area contributed by atoms with E-state index in [9.17, 15) is 0 Å². The first-order valence-corrected chi connectivity index (χ1v) is 6.47. The molecule has 0 saturated heterocycles. The molecule has 0 rings (SSSR count). The molecule has 0 aliphatic carbocycles. The minimum Gasteiger partial charge on any atom is -0.396 e. The molecule has 80 valence electrons. The molecule has 13 heavy (non-hydrogen) atoms. The number of halogens is 1. The minimum atomic E-state index is 0.311. The summed E-state index contributed by atoms with van der Waals surface area (Å²) in [5, 5.41) is 8.68. The SMILES string of the molecule is CCCCCCCCC(Br)CCO. The van der Waals surface area contributed by atoms with Crippen molar-refractivity contribution >= 4 is 15.9 Å². The molecule has 0 aliphatic rings. The molecular weight excluding hydrogens is 228 g/mol. The monoisotopic (exact) mass is 250 g/mol. The van der Waals surface area contributed by atoms with E-state index in [-0.39, 0.29) is 0 Å². The Kier molecular flexibility index (Phi) is 10.9. The van der Waals surface area contributed by atoms with Crippen molar-refractivity contribution < 1.29 is 5.11 Å². The van der Waals surface area contributed by atoms with Gasteiger partial charge < -0.3 is 5.11 Å². The molecule has 0 amide bonds. The maximum absolute atomic E-state index is 8.68. The van der Waals surface area contributed by atoms with Gasteiger partial charge in [-0.3, -0.25) is 0 Å². The first kappa shape index (κ1) is 13.4. The lowest BCUT2D eigenvalue weighted by Gasteiger charge is -2.06. The van der Waals surface area contributed by atoms with Crippen LogP contribution in [0.2, 0.25) is 0 Å². The van der Waals surface area contributed by atoms with Gasteiger partial charge in [0.15, 0.2) is 0 Å². The zero-order valence-corrected chi connectivity index (χ0v) is 10.4. The summed E-state index contributed by atoms with van der Waals surface area (Å²) in [7, 11) is 0. The summed E-state index contributed by atoms with van der Waals surface area (Å²) in [5.74, 6) is 0. The molecule has 1 unspecified atom stereocenters. The molecule has 0 aromatic carbocycles. The van der Waals surface area contributed by atoms with Gasteiger partial charge in [0.1, 0.15) is 0 Å². The van der Waals surface area contributed by atoms with Gasteiger partial charge in [0.25, 0.3) is 0 Å². The zero-order chi connectivity index (χ0) is 9.94. The number of hydrogen-bond donors (Lipinski definition) is 1. The van der Waals surface area contributed by atoms with E-state index < -0.39 is 0 Å². The highest BCUT2D eigenvalue weighted by molar-refractivity contribution is 9.09. The summed E-state index contributed by atoms with van der Waals surface area (Å²) < 4.78 is 0. The first-order chi connectivity index (χ1) is 6.31. The number of aliphatic hydroxyl groups excluding tert-OH is 1. The smallest absolute Gasteiger partial charge is 0.0441 e. The molecule has 1 N–H and O–H groups in total. The fraction of sp³-hybridized carbons (Fsp3) is 1.00. The summed E-state index contributed by atoms with van der Waals surface area (Å²) in [6.45, 7) is 2.56. The van der Waals surface area contributed by atoms with Gasteiger partial charge in [0.2, 0.25) is 0 Å². The van der Waals surface area contributed by atoms with Crippen LogP contribution in [0.15, 0.2) is 0 Å². The summed E-state index contributed by atoms with van der Waals surface area (Å²) in [5.41, 5.74) is 0. The van der Waals surface area contributed by atoms with Gasteiger partial charge >= 0.3 is 0 Å². The van der Waals surface area contributed by atoms with Crippen LogP contribution in [-0.4, -0.2) is 16.5 Å². The van der Waals surface area contributed by atoms with Crippen LogP contribution < -0.4 is 0 Å². The van der Waals surface area contributed by atoms with Crippen molar-refractivity contribution in [3.63, 3.8) is 0 Å². The van der Waals surface area contributed by atoms with E-state index in [2.05, 4.69) is 22.9 Å². The van der Waals surface area contributed by atoms with Crippen LogP contribution in [0.25, 0.3) is 0 Å². The molecule has 0 fully saturated rings. The third-order valence-electron chi connectivity index (χ3n) is 2.31. The van der Waals surface area contributed by atoms with Gasteiger partial charge in [-0.2, -0.15) is 0 Å². The highest BCUT2D eigenvalue weighted by atomic mass is 79.9. The molecule has 1 nitrogen and oxygen atoms in total. The average molecular weight is 251 g/mol. The number of rotatable bonds is 9. The molecule has 0 aromatic heterocycles. The van der Waals surface area contributed by atoms with Gasteiger partial charge in [0, 0.05) is 11.4 Å². The van der Waals surface area contributed by atoms with E-state index in [0.717, 1.165) is 6.42 Å². The number of aliphatic hydroxyl groups is 1. The average Bonchev–Trinajstić information content (AvgIpc) is 2.11. The van der Waals surface area contributed by atoms with Crippen LogP contribution in [-0.2, 0) is 0 Å². The van der Waals surface area contributed by atoms with Crippen molar-refractivity contribution in [1.29, 1.82) is 0 Å². The highest BCUT2D eigenvalue weighted by Crippen LogP contribution is 2.15. The molecule has 0 heterocycles. The quantitative estimate of drug-likeness (QED) is 0.487. The normalized spacial score (nSPS) is 13.2. The number of unbranched alkanes of at least 4 members (excludes halogenated alkanes) is 5. The largest absolute Gasteiger partial charge is 0.396 e. The second-order valence-electron chi connectivity index (χ2n) is 3.67. The molecule has 0 saturated carbocycles. The van der Waals surface area contributed by atoms with Crippen LogP contribution in [0.1, 0.15) is 58.3 Å². The van der Waals surface area contributed by atoms with E-state index in [1.165, 1.54) is 44.9 Å². The van der Waals surface area contributed by atoms with Crippen molar-refractivity contribution in [3.05, 3.63) is 0 Å². The van der Waals surface area contributed by atoms with Gasteiger partial charge in [-0.15, -0.1) is 0 Å². The number of alkyl halides is 1. The Bertz CT molecular complexity index is 96.1. The Hall–Kier alpha value is 0.440. The van der Waals surface area contributed by atoms with Crippen molar-refractivity contribution in [3.8, 4) is 0 Å². The standard InChI is InChI=1S/C11H23BrO/c1-2-3-4-5-6-7-8-11(12)9-10-13/h11,13H,2-10H2,1H3. The van der Waals surface area contributed by atoms with Crippen LogP contribution in [0.4, 0.5) is 0 Å². The van der Waals surface area contributed by atoms with Crippen LogP contribution in [0, 0.1) is 0 Å². The Labute approximate surface area is 91.1 Å². The van der Waals surface area contributed by atoms with Crippen LogP contribution in [0.5, 0.6) is 0 Å². The maximum Gasteiger partial charge on any atom is 0.0441 e. The van der Waals surface area contributed by atoms with Crippen molar-refractivity contribution in [2.24, 2.45) is 0 Å². The molecule has 0 aliphatic heterocycles. The second-order valence-corrected chi connectivity index (χ2v) is 4.96. The van der Waals surface area contributed by atoms with Crippen LogP contribution >= 0.6 is 15.9 Å². The van der Waals surface area contributed by atoms with E-state index >= 15 is 0 Å².